The van der Waals surface area contributed by atoms with E-state index in [-0.39, 0.29) is 0 Å². The van der Waals surface area contributed by atoms with Crippen molar-refractivity contribution in [1.82, 2.24) is 9.88 Å². The molecule has 0 unspecified atom stereocenters. The number of para-hydroxylation sites is 2. The first-order valence-electron chi connectivity index (χ1n) is 9.29. The fourth-order valence-electron chi connectivity index (χ4n) is 3.26. The van der Waals surface area contributed by atoms with E-state index in [4.69, 9.17) is 4.74 Å². The molecule has 0 radical (unpaired) electrons. The number of carbonyl (C=O) groups is 1. The van der Waals surface area contributed by atoms with Crippen molar-refractivity contribution in [3.8, 4) is 5.75 Å². The van der Waals surface area contributed by atoms with Crippen LogP contribution in [0, 0.1) is 0 Å². The van der Waals surface area contributed by atoms with Crippen LogP contribution in [0.25, 0.3) is 0 Å². The molecule has 2 heterocycles. The van der Waals surface area contributed by atoms with Crippen molar-refractivity contribution in [1.29, 1.82) is 0 Å². The van der Waals surface area contributed by atoms with Gasteiger partial charge in [0.15, 0.2) is 0 Å². The average molecular weight is 370 g/mol. The summed E-state index contributed by atoms with van der Waals surface area (Å²) in [5.41, 5.74) is 0.596. The Kier molecular flexibility index (Phi) is 6.49. The molecule has 1 fully saturated rings. The predicted molar refractivity (Wildman–Crippen MR) is 106 cm³/mol. The molecule has 1 aromatic heterocycles. The van der Waals surface area contributed by atoms with E-state index in [2.05, 4.69) is 14.8 Å². The standard InChI is InChI=1S/C20H26N4O3/c1-2-27-18-8-4-3-7-17(18)24(20(25)26)16-13-22-11-14-23(15-12-22)19-9-5-6-10-21-19/h3-10H,2,11-16H2,1H3,(H,25,26). The molecule has 1 saturated heterocycles. The normalized spacial score (nSPS) is 14.8. The number of benzene rings is 1. The Morgan fingerprint density at radius 3 is 2.56 bits per heavy atom. The molecule has 1 N–H and O–H groups in total. The summed E-state index contributed by atoms with van der Waals surface area (Å²) < 4.78 is 5.59. The molecule has 0 aliphatic carbocycles. The molecule has 0 saturated carbocycles. The van der Waals surface area contributed by atoms with Crippen molar-refractivity contribution in [3.05, 3.63) is 48.7 Å². The predicted octanol–water partition coefficient (Wildman–Crippen LogP) is 2.79. The Balaban J connectivity index is 1.57. The molecule has 1 amide bonds. The average Bonchev–Trinajstić information content (AvgIpc) is 2.70. The van der Waals surface area contributed by atoms with Crippen molar-refractivity contribution in [2.24, 2.45) is 0 Å². The number of aromatic nitrogens is 1. The van der Waals surface area contributed by atoms with Crippen molar-refractivity contribution in [3.63, 3.8) is 0 Å². The Labute approximate surface area is 159 Å². The maximum atomic E-state index is 11.8. The zero-order valence-corrected chi connectivity index (χ0v) is 15.6. The van der Waals surface area contributed by atoms with Gasteiger partial charge in [-0.15, -0.1) is 0 Å². The summed E-state index contributed by atoms with van der Waals surface area (Å²) in [5, 5.41) is 9.67. The van der Waals surface area contributed by atoms with Gasteiger partial charge in [-0.25, -0.2) is 9.78 Å². The van der Waals surface area contributed by atoms with Gasteiger partial charge < -0.3 is 14.7 Å². The molecular formula is C20H26N4O3. The van der Waals surface area contributed by atoms with Crippen molar-refractivity contribution in [2.45, 2.75) is 6.92 Å². The smallest absolute Gasteiger partial charge is 0.411 e. The van der Waals surface area contributed by atoms with Gasteiger partial charge in [-0.05, 0) is 31.2 Å². The number of hydrogen-bond acceptors (Lipinski definition) is 5. The second-order valence-electron chi connectivity index (χ2n) is 6.35. The fourth-order valence-corrected chi connectivity index (χ4v) is 3.26. The number of amides is 1. The van der Waals surface area contributed by atoms with Gasteiger partial charge in [0.25, 0.3) is 0 Å². The SMILES string of the molecule is CCOc1ccccc1N(CCN1CCN(c2ccccn2)CC1)C(=O)O. The number of hydrogen-bond donors (Lipinski definition) is 1. The third-order valence-corrected chi connectivity index (χ3v) is 4.67. The largest absolute Gasteiger partial charge is 0.492 e. The zero-order chi connectivity index (χ0) is 19.1. The van der Waals surface area contributed by atoms with Crippen LogP contribution in [0.15, 0.2) is 48.7 Å². The molecule has 0 spiro atoms. The molecular weight excluding hydrogens is 344 g/mol. The molecule has 0 bridgehead atoms. The second-order valence-corrected chi connectivity index (χ2v) is 6.35. The highest BCUT2D eigenvalue weighted by Gasteiger charge is 2.22. The molecule has 1 aromatic carbocycles. The topological polar surface area (TPSA) is 69.1 Å². The first-order chi connectivity index (χ1) is 13.2. The number of rotatable bonds is 7. The van der Waals surface area contributed by atoms with Crippen LogP contribution in [0.3, 0.4) is 0 Å². The lowest BCUT2D eigenvalue weighted by atomic mass is 10.2. The zero-order valence-electron chi connectivity index (χ0n) is 15.6. The molecule has 1 aliphatic heterocycles. The summed E-state index contributed by atoms with van der Waals surface area (Å²) in [4.78, 5) is 22.1. The molecule has 1 aliphatic rings. The molecule has 3 rings (SSSR count). The van der Waals surface area contributed by atoms with E-state index < -0.39 is 6.09 Å². The van der Waals surface area contributed by atoms with Crippen LogP contribution in [0.1, 0.15) is 6.92 Å². The lowest BCUT2D eigenvalue weighted by Crippen LogP contribution is -2.49. The second kappa shape index (κ2) is 9.23. The Bertz CT molecular complexity index is 733. The van der Waals surface area contributed by atoms with Crippen molar-refractivity contribution >= 4 is 17.6 Å². The summed E-state index contributed by atoms with van der Waals surface area (Å²) in [6.45, 7) is 7.03. The number of carboxylic acid groups (broad SMARTS) is 1. The van der Waals surface area contributed by atoms with E-state index in [0.717, 1.165) is 32.0 Å². The number of piperazine rings is 1. The van der Waals surface area contributed by atoms with Gasteiger partial charge >= 0.3 is 6.09 Å². The number of anilines is 2. The van der Waals surface area contributed by atoms with Crippen molar-refractivity contribution < 1.29 is 14.6 Å². The first kappa shape index (κ1) is 19.0. The summed E-state index contributed by atoms with van der Waals surface area (Å²) in [5.74, 6) is 1.59. The molecule has 2 aromatic rings. The number of nitrogens with zero attached hydrogens (tertiary/aromatic N) is 4. The minimum Gasteiger partial charge on any atom is -0.492 e. The van der Waals surface area contributed by atoms with Gasteiger partial charge in [-0.2, -0.15) is 0 Å². The maximum Gasteiger partial charge on any atom is 0.411 e. The fraction of sp³-hybridized carbons (Fsp3) is 0.400. The highest BCUT2D eigenvalue weighted by atomic mass is 16.5. The third kappa shape index (κ3) is 4.89. The monoisotopic (exact) mass is 370 g/mol. The van der Waals surface area contributed by atoms with Gasteiger partial charge in [-0.3, -0.25) is 9.80 Å². The quantitative estimate of drug-likeness (QED) is 0.808. The summed E-state index contributed by atoms with van der Waals surface area (Å²) in [6, 6.07) is 13.2. The van der Waals surface area contributed by atoms with Crippen LogP contribution in [-0.2, 0) is 0 Å². The summed E-state index contributed by atoms with van der Waals surface area (Å²) in [7, 11) is 0. The first-order valence-corrected chi connectivity index (χ1v) is 9.29. The maximum absolute atomic E-state index is 11.8. The van der Waals surface area contributed by atoms with Crippen molar-refractivity contribution in [2.75, 3.05) is 55.7 Å². The van der Waals surface area contributed by atoms with Gasteiger partial charge in [0.05, 0.1) is 12.3 Å². The minimum absolute atomic E-state index is 0.406. The van der Waals surface area contributed by atoms with Crippen LogP contribution >= 0.6 is 0 Å². The van der Waals surface area contributed by atoms with E-state index in [9.17, 15) is 9.90 Å². The van der Waals surface area contributed by atoms with E-state index >= 15 is 0 Å². The molecule has 0 atom stereocenters. The van der Waals surface area contributed by atoms with E-state index in [1.54, 1.807) is 12.1 Å². The third-order valence-electron chi connectivity index (χ3n) is 4.67. The van der Waals surface area contributed by atoms with Crippen LogP contribution in [0.5, 0.6) is 5.75 Å². The van der Waals surface area contributed by atoms with E-state index in [1.807, 2.05) is 43.5 Å². The molecule has 144 valence electrons. The highest BCUT2D eigenvalue weighted by molar-refractivity contribution is 5.88. The minimum atomic E-state index is -0.964. The van der Waals surface area contributed by atoms with Crippen LogP contribution in [0.2, 0.25) is 0 Å². The number of pyridine rings is 1. The molecule has 7 nitrogen and oxygen atoms in total. The number of ether oxygens (including phenoxy) is 1. The van der Waals surface area contributed by atoms with Crippen LogP contribution in [-0.4, -0.2) is 67.0 Å². The Hall–Kier alpha value is -2.80. The summed E-state index contributed by atoms with van der Waals surface area (Å²) in [6.07, 6.45) is 0.844. The van der Waals surface area contributed by atoms with E-state index in [0.29, 0.717) is 31.1 Å². The van der Waals surface area contributed by atoms with E-state index in [1.165, 1.54) is 4.90 Å². The lowest BCUT2D eigenvalue weighted by Gasteiger charge is -2.36. The Morgan fingerprint density at radius 2 is 1.89 bits per heavy atom. The van der Waals surface area contributed by atoms with Gasteiger partial charge in [0.1, 0.15) is 11.6 Å². The van der Waals surface area contributed by atoms with Crippen LogP contribution < -0.4 is 14.5 Å². The molecule has 27 heavy (non-hydrogen) atoms. The molecule has 7 heteroatoms. The lowest BCUT2D eigenvalue weighted by molar-refractivity contribution is 0.198. The van der Waals surface area contributed by atoms with Gasteiger partial charge in [0, 0.05) is 45.5 Å². The van der Waals surface area contributed by atoms with Gasteiger partial charge in [-0.1, -0.05) is 18.2 Å². The Morgan fingerprint density at radius 1 is 1.15 bits per heavy atom. The van der Waals surface area contributed by atoms with Crippen LogP contribution in [0.4, 0.5) is 16.3 Å². The highest BCUT2D eigenvalue weighted by Crippen LogP contribution is 2.28. The van der Waals surface area contributed by atoms with Gasteiger partial charge in [0.2, 0.25) is 0 Å². The summed E-state index contributed by atoms with van der Waals surface area (Å²) >= 11 is 0.